The van der Waals surface area contributed by atoms with E-state index in [0.29, 0.717) is 25.7 Å². The maximum absolute atomic E-state index is 10.1. The van der Waals surface area contributed by atoms with Gasteiger partial charge in [0, 0.05) is 13.1 Å². The molecule has 0 amide bonds. The summed E-state index contributed by atoms with van der Waals surface area (Å²) in [6, 6.07) is 18.1. The average Bonchev–Trinajstić information content (AvgIpc) is 2.66. The maximum Gasteiger partial charge on any atom is 0.191 e. The summed E-state index contributed by atoms with van der Waals surface area (Å²) in [7, 11) is 0. The van der Waals surface area contributed by atoms with Crippen LogP contribution in [0.3, 0.4) is 0 Å². The molecule has 0 fully saturated rings. The number of benzene rings is 2. The van der Waals surface area contributed by atoms with E-state index in [-0.39, 0.29) is 6.61 Å². The zero-order valence-corrected chi connectivity index (χ0v) is 15.6. The topological polar surface area (TPSA) is 65.9 Å². The van der Waals surface area contributed by atoms with Gasteiger partial charge in [0.15, 0.2) is 5.96 Å². The van der Waals surface area contributed by atoms with Crippen molar-refractivity contribution in [1.29, 1.82) is 0 Å². The zero-order valence-electron chi connectivity index (χ0n) is 15.6. The molecule has 26 heavy (non-hydrogen) atoms. The fourth-order valence-electron chi connectivity index (χ4n) is 2.45. The van der Waals surface area contributed by atoms with Crippen LogP contribution >= 0.6 is 0 Å². The minimum absolute atomic E-state index is 0.277. The summed E-state index contributed by atoms with van der Waals surface area (Å²) in [5, 5.41) is 16.5. The zero-order chi connectivity index (χ0) is 18.6. The largest absolute Gasteiger partial charge is 0.389 e. The van der Waals surface area contributed by atoms with Crippen LogP contribution in [-0.4, -0.2) is 36.9 Å². The van der Waals surface area contributed by atoms with Crippen LogP contribution < -0.4 is 10.6 Å². The van der Waals surface area contributed by atoms with E-state index in [0.717, 1.165) is 12.1 Å². The lowest BCUT2D eigenvalue weighted by Gasteiger charge is -2.15. The van der Waals surface area contributed by atoms with Crippen LogP contribution in [0.1, 0.15) is 23.6 Å². The van der Waals surface area contributed by atoms with Crippen molar-refractivity contribution in [2.75, 3.05) is 19.7 Å². The monoisotopic (exact) mass is 355 g/mol. The quantitative estimate of drug-likeness (QED) is 0.478. The average molecular weight is 355 g/mol. The third-order valence-electron chi connectivity index (χ3n) is 3.94. The number of rotatable bonds is 9. The summed E-state index contributed by atoms with van der Waals surface area (Å²) in [6.07, 6.45) is -0.596. The molecule has 0 heterocycles. The number of hydrogen-bond acceptors (Lipinski definition) is 3. The van der Waals surface area contributed by atoms with E-state index in [1.54, 1.807) is 0 Å². The molecule has 0 bridgehead atoms. The Balaban J connectivity index is 1.76. The minimum atomic E-state index is -0.596. The van der Waals surface area contributed by atoms with E-state index < -0.39 is 6.10 Å². The van der Waals surface area contributed by atoms with Crippen LogP contribution in [0.25, 0.3) is 0 Å². The molecule has 5 heteroatoms. The Morgan fingerprint density at radius 1 is 1.08 bits per heavy atom. The second-order valence-electron chi connectivity index (χ2n) is 6.16. The van der Waals surface area contributed by atoms with Crippen molar-refractivity contribution >= 4 is 5.96 Å². The van der Waals surface area contributed by atoms with Crippen molar-refractivity contribution in [2.45, 2.75) is 33.1 Å². The second-order valence-corrected chi connectivity index (χ2v) is 6.16. The molecule has 0 aliphatic heterocycles. The van der Waals surface area contributed by atoms with Crippen LogP contribution in [0.5, 0.6) is 0 Å². The van der Waals surface area contributed by atoms with Crippen LogP contribution in [-0.2, 0) is 17.9 Å². The van der Waals surface area contributed by atoms with Crippen LogP contribution in [0.15, 0.2) is 59.6 Å². The summed E-state index contributed by atoms with van der Waals surface area (Å²) < 4.78 is 5.57. The summed E-state index contributed by atoms with van der Waals surface area (Å²) >= 11 is 0. The molecule has 0 radical (unpaired) electrons. The molecule has 0 aromatic heterocycles. The molecule has 2 rings (SSSR count). The first kappa shape index (κ1) is 19.9. The van der Waals surface area contributed by atoms with E-state index in [1.165, 1.54) is 11.1 Å². The van der Waals surface area contributed by atoms with Gasteiger partial charge in [-0.15, -0.1) is 0 Å². The highest BCUT2D eigenvalue weighted by atomic mass is 16.5. The molecule has 1 unspecified atom stereocenters. The summed E-state index contributed by atoms with van der Waals surface area (Å²) in [4.78, 5) is 4.59. The lowest BCUT2D eigenvalue weighted by atomic mass is 10.1. The van der Waals surface area contributed by atoms with Crippen molar-refractivity contribution in [2.24, 2.45) is 4.99 Å². The molecule has 0 saturated heterocycles. The predicted molar refractivity (Wildman–Crippen MR) is 106 cm³/mol. The Bertz CT molecular complexity index is 674. The summed E-state index contributed by atoms with van der Waals surface area (Å²) in [6.45, 7) is 6.62. The molecular formula is C21H29N3O2. The maximum atomic E-state index is 10.1. The van der Waals surface area contributed by atoms with Crippen LogP contribution in [0.2, 0.25) is 0 Å². The van der Waals surface area contributed by atoms with Crippen molar-refractivity contribution < 1.29 is 9.84 Å². The van der Waals surface area contributed by atoms with Gasteiger partial charge in [0.2, 0.25) is 0 Å². The van der Waals surface area contributed by atoms with Gasteiger partial charge in [0.05, 0.1) is 25.9 Å². The summed E-state index contributed by atoms with van der Waals surface area (Å²) in [5.74, 6) is 0.692. The molecule has 0 aliphatic carbocycles. The van der Waals surface area contributed by atoms with E-state index in [2.05, 4.69) is 34.7 Å². The number of nitrogens with zero attached hydrogens (tertiary/aromatic N) is 1. The number of guanidine groups is 1. The van der Waals surface area contributed by atoms with Gasteiger partial charge in [-0.3, -0.25) is 0 Å². The Labute approximate surface area is 156 Å². The van der Waals surface area contributed by atoms with E-state index in [9.17, 15) is 5.11 Å². The molecule has 0 saturated carbocycles. The van der Waals surface area contributed by atoms with E-state index >= 15 is 0 Å². The Kier molecular flexibility index (Phi) is 8.66. The van der Waals surface area contributed by atoms with E-state index in [1.807, 2.05) is 49.4 Å². The summed E-state index contributed by atoms with van der Waals surface area (Å²) in [5.41, 5.74) is 3.51. The van der Waals surface area contributed by atoms with Gasteiger partial charge in [-0.25, -0.2) is 4.99 Å². The molecule has 0 aliphatic rings. The van der Waals surface area contributed by atoms with Gasteiger partial charge in [-0.1, -0.05) is 54.6 Å². The third kappa shape index (κ3) is 7.25. The standard InChI is InChI=1S/C21H29N3O2/c1-3-22-21(23-13-19-12-8-7-9-17(19)2)24-14-20(25)16-26-15-18-10-5-4-6-11-18/h4-12,20,25H,3,13-16H2,1-2H3,(H2,22,23,24). The van der Waals surface area contributed by atoms with Crippen LogP contribution in [0, 0.1) is 6.92 Å². The van der Waals surface area contributed by atoms with Gasteiger partial charge >= 0.3 is 0 Å². The predicted octanol–water partition coefficient (Wildman–Crippen LogP) is 2.63. The number of aliphatic imine (C=N–C) groups is 1. The number of aryl methyl sites for hydroxylation is 1. The third-order valence-corrected chi connectivity index (χ3v) is 3.94. The van der Waals surface area contributed by atoms with Gasteiger partial charge in [-0.2, -0.15) is 0 Å². The molecule has 2 aromatic carbocycles. The molecule has 5 nitrogen and oxygen atoms in total. The first-order valence-corrected chi connectivity index (χ1v) is 9.05. The molecule has 2 aromatic rings. The molecule has 140 valence electrons. The first-order valence-electron chi connectivity index (χ1n) is 9.05. The van der Waals surface area contributed by atoms with Crippen molar-refractivity contribution in [3.63, 3.8) is 0 Å². The number of aliphatic hydroxyl groups is 1. The highest BCUT2D eigenvalue weighted by Gasteiger charge is 2.06. The lowest BCUT2D eigenvalue weighted by molar-refractivity contribution is 0.0308. The molecular weight excluding hydrogens is 326 g/mol. The van der Waals surface area contributed by atoms with E-state index in [4.69, 9.17) is 4.74 Å². The van der Waals surface area contributed by atoms with Crippen molar-refractivity contribution in [3.8, 4) is 0 Å². The Hall–Kier alpha value is -2.37. The normalized spacial score (nSPS) is 12.7. The lowest BCUT2D eigenvalue weighted by Crippen LogP contribution is -2.42. The number of hydrogen-bond donors (Lipinski definition) is 3. The van der Waals surface area contributed by atoms with Crippen LogP contribution in [0.4, 0.5) is 0 Å². The minimum Gasteiger partial charge on any atom is -0.389 e. The second kappa shape index (κ2) is 11.3. The number of ether oxygens (including phenoxy) is 1. The number of aliphatic hydroxyl groups excluding tert-OH is 1. The van der Waals surface area contributed by atoms with Crippen molar-refractivity contribution in [3.05, 3.63) is 71.3 Å². The first-order chi connectivity index (χ1) is 12.7. The van der Waals surface area contributed by atoms with Gasteiger partial charge in [0.25, 0.3) is 0 Å². The highest BCUT2D eigenvalue weighted by Crippen LogP contribution is 2.07. The van der Waals surface area contributed by atoms with Crippen molar-refractivity contribution in [1.82, 2.24) is 10.6 Å². The molecule has 3 N–H and O–H groups in total. The smallest absolute Gasteiger partial charge is 0.191 e. The Morgan fingerprint density at radius 2 is 1.81 bits per heavy atom. The highest BCUT2D eigenvalue weighted by molar-refractivity contribution is 5.79. The molecule has 1 atom stereocenters. The number of nitrogens with one attached hydrogen (secondary N) is 2. The van der Waals surface area contributed by atoms with Gasteiger partial charge in [0.1, 0.15) is 0 Å². The molecule has 0 spiro atoms. The fourth-order valence-corrected chi connectivity index (χ4v) is 2.45. The SMILES string of the molecule is CCNC(=NCc1ccccc1C)NCC(O)COCc1ccccc1. The van der Waals surface area contributed by atoms with Gasteiger partial charge < -0.3 is 20.5 Å². The van der Waals surface area contributed by atoms with Gasteiger partial charge in [-0.05, 0) is 30.5 Å². The fraction of sp³-hybridized carbons (Fsp3) is 0.381. The Morgan fingerprint density at radius 3 is 2.54 bits per heavy atom.